The van der Waals surface area contributed by atoms with Crippen LogP contribution in [-0.4, -0.2) is 31.6 Å². The van der Waals surface area contributed by atoms with Gasteiger partial charge in [0, 0.05) is 24.3 Å². The van der Waals surface area contributed by atoms with Crippen molar-refractivity contribution in [2.75, 3.05) is 29.9 Å². The van der Waals surface area contributed by atoms with E-state index in [1.54, 1.807) is 11.8 Å². The zero-order valence-electron chi connectivity index (χ0n) is 11.0. The molecule has 5 nitrogen and oxygen atoms in total. The molecule has 0 atom stereocenters. The highest BCUT2D eigenvalue weighted by Gasteiger charge is 2.21. The molecule has 1 aromatic rings. The van der Waals surface area contributed by atoms with Gasteiger partial charge < -0.3 is 15.0 Å². The summed E-state index contributed by atoms with van der Waals surface area (Å²) in [5.74, 6) is -0.132. The molecule has 1 aliphatic heterocycles. The van der Waals surface area contributed by atoms with Crippen LogP contribution in [0, 0.1) is 0 Å². The molecule has 0 bridgehead atoms. The first-order valence-corrected chi connectivity index (χ1v) is 6.50. The van der Waals surface area contributed by atoms with Gasteiger partial charge in [0.25, 0.3) is 0 Å². The average molecular weight is 262 g/mol. The lowest BCUT2D eigenvalue weighted by molar-refractivity contribution is -0.140. The molecule has 5 heteroatoms. The van der Waals surface area contributed by atoms with E-state index in [2.05, 4.69) is 5.32 Å². The predicted molar refractivity (Wildman–Crippen MR) is 73.2 cm³/mol. The Kier molecular flexibility index (Phi) is 4.39. The highest BCUT2D eigenvalue weighted by Crippen LogP contribution is 2.24. The smallest absolute Gasteiger partial charge is 0.325 e. The molecule has 1 aromatic carbocycles. The summed E-state index contributed by atoms with van der Waals surface area (Å²) in [6, 6.07) is 7.51. The Bertz CT molecular complexity index is 474. The summed E-state index contributed by atoms with van der Waals surface area (Å²) in [6.07, 6.45) is 1.51. The van der Waals surface area contributed by atoms with Crippen LogP contribution in [0.15, 0.2) is 24.3 Å². The van der Waals surface area contributed by atoms with Crippen molar-refractivity contribution in [1.82, 2.24) is 0 Å². The van der Waals surface area contributed by atoms with E-state index in [0.717, 1.165) is 24.3 Å². The first-order valence-electron chi connectivity index (χ1n) is 6.50. The number of nitrogens with one attached hydrogen (secondary N) is 1. The lowest BCUT2D eigenvalue weighted by Crippen LogP contribution is -2.23. The number of amides is 1. The van der Waals surface area contributed by atoms with E-state index in [-0.39, 0.29) is 18.4 Å². The van der Waals surface area contributed by atoms with E-state index in [0.29, 0.717) is 13.0 Å². The van der Waals surface area contributed by atoms with Crippen molar-refractivity contribution in [2.45, 2.75) is 19.8 Å². The molecule has 1 aliphatic rings. The molecule has 0 unspecified atom stereocenters. The topological polar surface area (TPSA) is 58.6 Å². The van der Waals surface area contributed by atoms with Crippen molar-refractivity contribution in [3.8, 4) is 0 Å². The van der Waals surface area contributed by atoms with Gasteiger partial charge in [-0.2, -0.15) is 0 Å². The van der Waals surface area contributed by atoms with Gasteiger partial charge in [-0.05, 0) is 31.5 Å². The van der Waals surface area contributed by atoms with Crippen LogP contribution in [0.1, 0.15) is 19.8 Å². The van der Waals surface area contributed by atoms with Gasteiger partial charge >= 0.3 is 5.97 Å². The second-order valence-electron chi connectivity index (χ2n) is 4.36. The van der Waals surface area contributed by atoms with E-state index in [4.69, 9.17) is 4.74 Å². The van der Waals surface area contributed by atoms with Crippen LogP contribution in [0.25, 0.3) is 0 Å². The van der Waals surface area contributed by atoms with Crippen molar-refractivity contribution in [2.24, 2.45) is 0 Å². The van der Waals surface area contributed by atoms with Crippen molar-refractivity contribution in [3.05, 3.63) is 24.3 Å². The summed E-state index contributed by atoms with van der Waals surface area (Å²) >= 11 is 0. The summed E-state index contributed by atoms with van der Waals surface area (Å²) in [5, 5.41) is 3.00. The lowest BCUT2D eigenvalue weighted by atomic mass is 10.2. The van der Waals surface area contributed by atoms with Gasteiger partial charge in [0.1, 0.15) is 6.54 Å². The number of benzene rings is 1. The van der Waals surface area contributed by atoms with Crippen LogP contribution in [0.2, 0.25) is 0 Å². The van der Waals surface area contributed by atoms with Crippen LogP contribution in [0.4, 0.5) is 11.4 Å². The predicted octanol–water partition coefficient (Wildman–Crippen LogP) is 1.79. The Labute approximate surface area is 112 Å². The number of hydrogen-bond acceptors (Lipinski definition) is 4. The molecule has 1 heterocycles. The molecule has 1 fully saturated rings. The summed E-state index contributed by atoms with van der Waals surface area (Å²) < 4.78 is 4.84. The van der Waals surface area contributed by atoms with E-state index in [1.165, 1.54) is 0 Å². The lowest BCUT2D eigenvalue weighted by Gasteiger charge is -2.16. The highest BCUT2D eigenvalue weighted by atomic mass is 16.5. The van der Waals surface area contributed by atoms with Crippen LogP contribution in [0.5, 0.6) is 0 Å². The van der Waals surface area contributed by atoms with Gasteiger partial charge in [-0.25, -0.2) is 0 Å². The molecule has 0 aliphatic carbocycles. The van der Waals surface area contributed by atoms with Crippen LogP contribution in [0.3, 0.4) is 0 Å². The molecule has 0 radical (unpaired) electrons. The Morgan fingerprint density at radius 2 is 2.32 bits per heavy atom. The molecular formula is C14H18N2O3. The van der Waals surface area contributed by atoms with E-state index in [9.17, 15) is 9.59 Å². The van der Waals surface area contributed by atoms with Gasteiger partial charge in [0.05, 0.1) is 6.61 Å². The van der Waals surface area contributed by atoms with Crippen molar-refractivity contribution >= 4 is 23.3 Å². The zero-order chi connectivity index (χ0) is 13.7. The zero-order valence-corrected chi connectivity index (χ0v) is 11.0. The monoisotopic (exact) mass is 262 g/mol. The summed E-state index contributed by atoms with van der Waals surface area (Å²) in [7, 11) is 0. The Hall–Kier alpha value is -2.04. The van der Waals surface area contributed by atoms with Crippen molar-refractivity contribution in [1.29, 1.82) is 0 Å². The van der Waals surface area contributed by atoms with Crippen LogP contribution in [-0.2, 0) is 14.3 Å². The molecule has 0 saturated carbocycles. The number of nitrogens with zero attached hydrogens (tertiary/aromatic N) is 1. The number of hydrogen-bond donors (Lipinski definition) is 1. The Morgan fingerprint density at radius 1 is 1.47 bits per heavy atom. The minimum Gasteiger partial charge on any atom is -0.465 e. The molecular weight excluding hydrogens is 244 g/mol. The first-order chi connectivity index (χ1) is 9.20. The van der Waals surface area contributed by atoms with Gasteiger partial charge in [-0.1, -0.05) is 6.07 Å². The third-order valence-electron chi connectivity index (χ3n) is 2.97. The summed E-state index contributed by atoms with van der Waals surface area (Å²) in [5.41, 5.74) is 1.68. The summed E-state index contributed by atoms with van der Waals surface area (Å²) in [4.78, 5) is 24.7. The molecule has 2 rings (SSSR count). The van der Waals surface area contributed by atoms with Gasteiger partial charge in [-0.3, -0.25) is 9.59 Å². The fourth-order valence-electron chi connectivity index (χ4n) is 2.09. The largest absolute Gasteiger partial charge is 0.465 e. The molecule has 0 aromatic heterocycles. The van der Waals surface area contributed by atoms with E-state index < -0.39 is 0 Å². The number of rotatable bonds is 5. The van der Waals surface area contributed by atoms with Crippen molar-refractivity contribution in [3.63, 3.8) is 0 Å². The fraction of sp³-hybridized carbons (Fsp3) is 0.429. The molecule has 1 saturated heterocycles. The average Bonchev–Trinajstić information content (AvgIpc) is 2.83. The first kappa shape index (κ1) is 13.4. The maximum atomic E-state index is 11.7. The molecule has 1 N–H and O–H groups in total. The normalized spacial score (nSPS) is 14.6. The highest BCUT2D eigenvalue weighted by molar-refractivity contribution is 5.95. The van der Waals surface area contributed by atoms with Crippen LogP contribution < -0.4 is 10.2 Å². The summed E-state index contributed by atoms with van der Waals surface area (Å²) in [6.45, 7) is 3.05. The SMILES string of the molecule is CCOC(=O)CNc1cccc(N2CCCC2=O)c1. The second-order valence-corrected chi connectivity index (χ2v) is 4.36. The maximum Gasteiger partial charge on any atom is 0.325 e. The molecule has 19 heavy (non-hydrogen) atoms. The number of esters is 1. The van der Waals surface area contributed by atoms with E-state index in [1.807, 2.05) is 24.3 Å². The van der Waals surface area contributed by atoms with Gasteiger partial charge in [-0.15, -0.1) is 0 Å². The molecule has 1 amide bonds. The number of anilines is 2. The number of carbonyl (C=O) groups excluding carboxylic acids is 2. The minimum absolute atomic E-state index is 0.130. The third-order valence-corrected chi connectivity index (χ3v) is 2.97. The number of carbonyl (C=O) groups is 2. The standard InChI is InChI=1S/C14H18N2O3/c1-2-19-14(18)10-15-11-5-3-6-12(9-11)16-8-4-7-13(16)17/h3,5-6,9,15H,2,4,7-8,10H2,1H3. The van der Waals surface area contributed by atoms with Gasteiger partial charge in [0.15, 0.2) is 0 Å². The Balaban J connectivity index is 1.99. The third kappa shape index (κ3) is 3.47. The van der Waals surface area contributed by atoms with Gasteiger partial charge in [0.2, 0.25) is 5.91 Å². The van der Waals surface area contributed by atoms with E-state index >= 15 is 0 Å². The number of ether oxygens (including phenoxy) is 1. The molecule has 102 valence electrons. The fourth-order valence-corrected chi connectivity index (χ4v) is 2.09. The van der Waals surface area contributed by atoms with Crippen LogP contribution >= 0.6 is 0 Å². The maximum absolute atomic E-state index is 11.7. The quantitative estimate of drug-likeness (QED) is 0.822. The Morgan fingerprint density at radius 3 is 3.00 bits per heavy atom. The minimum atomic E-state index is -0.287. The van der Waals surface area contributed by atoms with Crippen molar-refractivity contribution < 1.29 is 14.3 Å². The second kappa shape index (κ2) is 6.22. The molecule has 0 spiro atoms.